The fraction of sp³-hybridized carbons (Fsp3) is 0.370. The SMILES string of the molecule is COCC(=O)N(Cc1ccc(F)cc1)CC1CN(Cc2ccc[nH]2)CC1c1ccc(OC)cc1. The number of methoxy groups -OCH3 is 2. The van der Waals surface area contributed by atoms with Crippen molar-refractivity contribution in [3.8, 4) is 5.75 Å². The van der Waals surface area contributed by atoms with Crippen molar-refractivity contribution in [3.63, 3.8) is 0 Å². The van der Waals surface area contributed by atoms with Crippen molar-refractivity contribution in [3.05, 3.63) is 89.5 Å². The van der Waals surface area contributed by atoms with E-state index < -0.39 is 0 Å². The van der Waals surface area contributed by atoms with E-state index in [-0.39, 0.29) is 30.2 Å². The summed E-state index contributed by atoms with van der Waals surface area (Å²) in [5, 5.41) is 0. The van der Waals surface area contributed by atoms with E-state index in [2.05, 4.69) is 28.1 Å². The van der Waals surface area contributed by atoms with Gasteiger partial charge in [0.15, 0.2) is 0 Å². The molecule has 1 aliphatic heterocycles. The highest BCUT2D eigenvalue weighted by molar-refractivity contribution is 5.77. The predicted octanol–water partition coefficient (Wildman–Crippen LogP) is 4.05. The Kier molecular flexibility index (Phi) is 7.98. The molecule has 4 rings (SSSR count). The number of hydrogen-bond acceptors (Lipinski definition) is 4. The minimum atomic E-state index is -0.283. The summed E-state index contributed by atoms with van der Waals surface area (Å²) in [6.45, 7) is 3.64. The van der Waals surface area contributed by atoms with Crippen LogP contribution >= 0.6 is 0 Å². The maximum absolute atomic E-state index is 13.4. The van der Waals surface area contributed by atoms with Gasteiger partial charge in [0.25, 0.3) is 0 Å². The molecule has 0 aliphatic carbocycles. The second-order valence-electron chi connectivity index (χ2n) is 8.86. The molecular weight excluding hydrogens is 433 g/mol. The lowest BCUT2D eigenvalue weighted by atomic mass is 9.88. The molecule has 1 amide bonds. The zero-order chi connectivity index (χ0) is 23.9. The van der Waals surface area contributed by atoms with Crippen LogP contribution in [0.5, 0.6) is 5.75 Å². The molecular formula is C27H32FN3O3. The van der Waals surface area contributed by atoms with Crippen LogP contribution in [0.2, 0.25) is 0 Å². The van der Waals surface area contributed by atoms with Gasteiger partial charge in [-0.05, 0) is 53.4 Å². The summed E-state index contributed by atoms with van der Waals surface area (Å²) in [6.07, 6.45) is 1.94. The molecule has 3 aromatic rings. The standard InChI is InChI=1S/C27H32FN3O3/c1-33-19-27(32)31(14-20-5-9-23(28)10-6-20)16-22-15-30(17-24-4-3-13-29-24)18-26(22)21-7-11-25(34-2)12-8-21/h3-13,22,26,29H,14-19H2,1-2H3. The summed E-state index contributed by atoms with van der Waals surface area (Å²) in [6, 6.07) is 18.7. The van der Waals surface area contributed by atoms with Crippen molar-refractivity contribution in [1.29, 1.82) is 0 Å². The average molecular weight is 466 g/mol. The van der Waals surface area contributed by atoms with E-state index in [1.807, 2.05) is 29.3 Å². The molecule has 2 aromatic carbocycles. The van der Waals surface area contributed by atoms with E-state index in [4.69, 9.17) is 9.47 Å². The van der Waals surface area contributed by atoms with Crippen LogP contribution in [0.1, 0.15) is 22.7 Å². The number of rotatable bonds is 10. The van der Waals surface area contributed by atoms with Gasteiger partial charge in [-0.15, -0.1) is 0 Å². The van der Waals surface area contributed by atoms with Crippen LogP contribution in [0.4, 0.5) is 4.39 Å². The molecule has 1 N–H and O–H groups in total. The van der Waals surface area contributed by atoms with E-state index in [0.717, 1.165) is 30.9 Å². The third kappa shape index (κ3) is 6.04. The van der Waals surface area contributed by atoms with Crippen molar-refractivity contribution in [1.82, 2.24) is 14.8 Å². The summed E-state index contributed by atoms with van der Waals surface area (Å²) in [4.78, 5) is 20.5. The van der Waals surface area contributed by atoms with Gasteiger partial charge in [-0.1, -0.05) is 24.3 Å². The maximum atomic E-state index is 13.4. The molecule has 1 saturated heterocycles. The topological polar surface area (TPSA) is 57.8 Å². The van der Waals surface area contributed by atoms with Crippen LogP contribution in [-0.2, 0) is 22.6 Å². The summed E-state index contributed by atoms with van der Waals surface area (Å²) >= 11 is 0. The second-order valence-corrected chi connectivity index (χ2v) is 8.86. The van der Waals surface area contributed by atoms with Crippen LogP contribution in [0, 0.1) is 11.7 Å². The lowest BCUT2D eigenvalue weighted by molar-refractivity contribution is -0.136. The quantitative estimate of drug-likeness (QED) is 0.491. The smallest absolute Gasteiger partial charge is 0.248 e. The lowest BCUT2D eigenvalue weighted by Gasteiger charge is -2.29. The normalized spacial score (nSPS) is 18.2. The van der Waals surface area contributed by atoms with Gasteiger partial charge < -0.3 is 19.4 Å². The van der Waals surface area contributed by atoms with Crippen molar-refractivity contribution in [2.45, 2.75) is 19.0 Å². The molecule has 34 heavy (non-hydrogen) atoms. The molecule has 180 valence electrons. The van der Waals surface area contributed by atoms with Crippen molar-refractivity contribution in [2.75, 3.05) is 40.5 Å². The Morgan fingerprint density at radius 3 is 2.50 bits per heavy atom. The minimum Gasteiger partial charge on any atom is -0.497 e. The first-order valence-electron chi connectivity index (χ1n) is 11.6. The number of aromatic amines is 1. The third-order valence-electron chi connectivity index (χ3n) is 6.48. The van der Waals surface area contributed by atoms with E-state index in [9.17, 15) is 9.18 Å². The predicted molar refractivity (Wildman–Crippen MR) is 129 cm³/mol. The van der Waals surface area contributed by atoms with Crippen molar-refractivity contribution in [2.24, 2.45) is 5.92 Å². The monoisotopic (exact) mass is 465 g/mol. The number of nitrogens with one attached hydrogen (secondary N) is 1. The van der Waals surface area contributed by atoms with Gasteiger partial charge >= 0.3 is 0 Å². The molecule has 0 radical (unpaired) electrons. The fourth-order valence-electron chi connectivity index (χ4n) is 4.77. The highest BCUT2D eigenvalue weighted by Gasteiger charge is 2.36. The Labute approximate surface area is 200 Å². The number of aromatic nitrogens is 1. The molecule has 1 aromatic heterocycles. The van der Waals surface area contributed by atoms with Gasteiger partial charge in [0.1, 0.15) is 18.2 Å². The van der Waals surface area contributed by atoms with Crippen LogP contribution in [0.15, 0.2) is 66.9 Å². The zero-order valence-corrected chi connectivity index (χ0v) is 19.7. The summed E-state index contributed by atoms with van der Waals surface area (Å²) < 4.78 is 23.9. The van der Waals surface area contributed by atoms with Crippen LogP contribution in [0.25, 0.3) is 0 Å². The number of carbonyl (C=O) groups is 1. The maximum Gasteiger partial charge on any atom is 0.248 e. The van der Waals surface area contributed by atoms with Crippen LogP contribution in [-0.4, -0.2) is 61.2 Å². The van der Waals surface area contributed by atoms with Gasteiger partial charge in [0, 0.05) is 57.6 Å². The van der Waals surface area contributed by atoms with Gasteiger partial charge in [0.05, 0.1) is 7.11 Å². The Balaban J connectivity index is 1.55. The Hall–Kier alpha value is -3.16. The molecule has 0 spiro atoms. The van der Waals surface area contributed by atoms with Crippen LogP contribution in [0.3, 0.4) is 0 Å². The summed E-state index contributed by atoms with van der Waals surface area (Å²) in [5.41, 5.74) is 3.31. The number of carbonyl (C=O) groups excluding carboxylic acids is 1. The summed E-state index contributed by atoms with van der Waals surface area (Å²) in [5.74, 6) is 0.989. The fourth-order valence-corrected chi connectivity index (χ4v) is 4.77. The number of halogens is 1. The number of nitrogens with zero attached hydrogens (tertiary/aromatic N) is 2. The lowest BCUT2D eigenvalue weighted by Crippen LogP contribution is -2.39. The summed E-state index contributed by atoms with van der Waals surface area (Å²) in [7, 11) is 3.20. The molecule has 0 bridgehead atoms. The Morgan fingerprint density at radius 2 is 1.85 bits per heavy atom. The van der Waals surface area contributed by atoms with E-state index in [1.165, 1.54) is 30.5 Å². The second kappa shape index (κ2) is 11.3. The van der Waals surface area contributed by atoms with Crippen molar-refractivity contribution < 1.29 is 18.7 Å². The molecule has 2 heterocycles. The average Bonchev–Trinajstić information content (AvgIpc) is 3.50. The van der Waals surface area contributed by atoms with Gasteiger partial charge in [-0.2, -0.15) is 0 Å². The first-order chi connectivity index (χ1) is 16.6. The first-order valence-corrected chi connectivity index (χ1v) is 11.6. The number of benzene rings is 2. The van der Waals surface area contributed by atoms with Crippen LogP contribution < -0.4 is 4.74 Å². The van der Waals surface area contributed by atoms with Crippen molar-refractivity contribution >= 4 is 5.91 Å². The minimum absolute atomic E-state index is 0.0211. The molecule has 0 saturated carbocycles. The molecule has 1 aliphatic rings. The first kappa shape index (κ1) is 24.0. The zero-order valence-electron chi connectivity index (χ0n) is 19.7. The largest absolute Gasteiger partial charge is 0.497 e. The molecule has 7 heteroatoms. The highest BCUT2D eigenvalue weighted by atomic mass is 19.1. The number of ether oxygens (including phenoxy) is 2. The van der Waals surface area contributed by atoms with Gasteiger partial charge in [0.2, 0.25) is 5.91 Å². The van der Waals surface area contributed by atoms with E-state index in [0.29, 0.717) is 13.1 Å². The van der Waals surface area contributed by atoms with Gasteiger partial charge in [-0.3, -0.25) is 9.69 Å². The molecule has 2 atom stereocenters. The molecule has 6 nitrogen and oxygen atoms in total. The molecule has 2 unspecified atom stereocenters. The van der Waals surface area contributed by atoms with Gasteiger partial charge in [-0.25, -0.2) is 4.39 Å². The molecule has 1 fully saturated rings. The Morgan fingerprint density at radius 1 is 1.09 bits per heavy atom. The number of amides is 1. The number of H-pyrrole nitrogens is 1. The number of likely N-dealkylation sites (tertiary alicyclic amines) is 1. The van der Waals surface area contributed by atoms with E-state index >= 15 is 0 Å². The van der Waals surface area contributed by atoms with E-state index in [1.54, 1.807) is 19.2 Å². The number of hydrogen-bond donors (Lipinski definition) is 1. The third-order valence-corrected chi connectivity index (χ3v) is 6.48. The highest BCUT2D eigenvalue weighted by Crippen LogP contribution is 2.35. The Bertz CT molecular complexity index is 1040.